The Bertz CT molecular complexity index is 2180. The Hall–Kier alpha value is -5.25. The zero-order valence-corrected chi connectivity index (χ0v) is 29.8. The second-order valence-corrected chi connectivity index (χ2v) is 15.2. The van der Waals surface area contributed by atoms with Gasteiger partial charge in [0.2, 0.25) is 11.9 Å². The zero-order chi connectivity index (χ0) is 36.4. The topological polar surface area (TPSA) is 153 Å². The van der Waals surface area contributed by atoms with Gasteiger partial charge >= 0.3 is 0 Å². The highest BCUT2D eigenvalue weighted by Crippen LogP contribution is 2.48. The maximum atomic E-state index is 14.4. The number of pyridine rings is 1. The summed E-state index contributed by atoms with van der Waals surface area (Å²) in [4.78, 5) is 67.9. The molecule has 2 aromatic carbocycles. The minimum absolute atomic E-state index is 0.0377. The molecule has 8 rings (SSSR count). The Balaban J connectivity index is 1.07. The Morgan fingerprint density at radius 3 is 2.25 bits per heavy atom. The van der Waals surface area contributed by atoms with Crippen molar-refractivity contribution in [3.63, 3.8) is 0 Å². The first-order valence-electron chi connectivity index (χ1n) is 17.2. The Morgan fingerprint density at radius 2 is 1.62 bits per heavy atom. The quantitative estimate of drug-likeness (QED) is 0.234. The normalized spacial score (nSPS) is 20.6. The number of rotatable bonds is 9. The average Bonchev–Trinajstić information content (AvgIpc) is 3.93. The van der Waals surface area contributed by atoms with Crippen LogP contribution in [0.5, 0.6) is 0 Å². The van der Waals surface area contributed by atoms with Gasteiger partial charge in [0.25, 0.3) is 17.7 Å². The number of benzene rings is 2. The van der Waals surface area contributed by atoms with E-state index in [4.69, 9.17) is 23.2 Å². The number of anilines is 2. The van der Waals surface area contributed by atoms with Gasteiger partial charge in [0.05, 0.1) is 34.7 Å². The summed E-state index contributed by atoms with van der Waals surface area (Å²) in [6.45, 7) is 3.20. The lowest BCUT2D eigenvalue weighted by Crippen LogP contribution is -2.52. The maximum absolute atomic E-state index is 14.4. The van der Waals surface area contributed by atoms with E-state index in [1.165, 1.54) is 11.1 Å². The molecule has 264 valence electrons. The van der Waals surface area contributed by atoms with Crippen LogP contribution in [0.1, 0.15) is 83.1 Å². The molecule has 0 spiro atoms. The molecule has 2 aromatic heterocycles. The molecule has 2 saturated carbocycles. The number of carbonyl (C=O) groups is 4. The largest absolute Gasteiger partial charge is 0.343 e. The summed E-state index contributed by atoms with van der Waals surface area (Å²) in [5.74, 6) is -1.09. The molecule has 4 heterocycles. The number of hydrogen-bond acceptors (Lipinski definition) is 7. The second kappa shape index (κ2) is 12.5. The lowest BCUT2D eigenvalue weighted by atomic mass is 9.91. The molecule has 2 aliphatic heterocycles. The highest BCUT2D eigenvalue weighted by atomic mass is 35.5. The van der Waals surface area contributed by atoms with Crippen LogP contribution in [0.25, 0.3) is 0 Å². The van der Waals surface area contributed by atoms with Gasteiger partial charge in [-0.25, -0.2) is 9.88 Å². The summed E-state index contributed by atoms with van der Waals surface area (Å²) in [6, 6.07) is 17.2. The number of hydrogen-bond donors (Lipinski definition) is 2. The van der Waals surface area contributed by atoms with Crippen molar-refractivity contribution in [2.75, 3.05) is 18.0 Å². The van der Waals surface area contributed by atoms with E-state index in [1.54, 1.807) is 72.3 Å². The number of fused-ring (bicyclic) bond motifs is 1. The van der Waals surface area contributed by atoms with Crippen LogP contribution in [-0.4, -0.2) is 61.7 Å². The molecule has 1 atom stereocenters. The van der Waals surface area contributed by atoms with Crippen LogP contribution in [0.2, 0.25) is 10.0 Å². The van der Waals surface area contributed by atoms with E-state index in [2.05, 4.69) is 26.7 Å². The molecule has 2 aliphatic carbocycles. The second-order valence-electron chi connectivity index (χ2n) is 14.3. The van der Waals surface area contributed by atoms with Crippen LogP contribution >= 0.6 is 23.2 Å². The molecule has 4 aliphatic rings. The van der Waals surface area contributed by atoms with Crippen molar-refractivity contribution < 1.29 is 19.2 Å². The smallest absolute Gasteiger partial charge is 0.270 e. The van der Waals surface area contributed by atoms with Crippen LogP contribution in [-0.2, 0) is 27.1 Å². The highest BCUT2D eigenvalue weighted by Gasteiger charge is 2.57. The summed E-state index contributed by atoms with van der Waals surface area (Å²) in [5.41, 5.74) is -0.313. The van der Waals surface area contributed by atoms with Gasteiger partial charge in [-0.05, 0) is 93.5 Å². The summed E-state index contributed by atoms with van der Waals surface area (Å²) in [5, 5.41) is 16.1. The van der Waals surface area contributed by atoms with Crippen LogP contribution in [0.15, 0.2) is 67.0 Å². The van der Waals surface area contributed by atoms with Crippen LogP contribution in [0.3, 0.4) is 0 Å². The molecule has 14 heteroatoms. The summed E-state index contributed by atoms with van der Waals surface area (Å²) >= 11 is 12.7. The number of carbonyl (C=O) groups excluding carboxylic acids is 4. The third-order valence-electron chi connectivity index (χ3n) is 10.6. The fraction of sp³-hybridized carbons (Fsp3) is 0.342. The molecule has 12 nitrogen and oxygen atoms in total. The van der Waals surface area contributed by atoms with Gasteiger partial charge < -0.3 is 15.5 Å². The lowest BCUT2D eigenvalue weighted by molar-refractivity contribution is -0.125. The van der Waals surface area contributed by atoms with Crippen molar-refractivity contribution in [1.82, 2.24) is 30.1 Å². The number of nitrogens with one attached hydrogen (secondary N) is 2. The van der Waals surface area contributed by atoms with Crippen molar-refractivity contribution in [2.24, 2.45) is 0 Å². The highest BCUT2D eigenvalue weighted by molar-refractivity contribution is 6.35. The Morgan fingerprint density at radius 1 is 0.923 bits per heavy atom. The van der Waals surface area contributed by atoms with Crippen molar-refractivity contribution in [3.8, 4) is 6.07 Å². The Labute approximate surface area is 309 Å². The van der Waals surface area contributed by atoms with E-state index in [1.807, 2.05) is 4.90 Å². The van der Waals surface area contributed by atoms with Gasteiger partial charge in [-0.15, -0.1) is 0 Å². The molecule has 4 aromatic rings. The molecule has 1 saturated heterocycles. The predicted octanol–water partition coefficient (Wildman–Crippen LogP) is 5.40. The first kappa shape index (κ1) is 33.9. The third-order valence-corrected chi connectivity index (χ3v) is 11.0. The van der Waals surface area contributed by atoms with Gasteiger partial charge in [0, 0.05) is 41.3 Å². The first-order valence-corrected chi connectivity index (χ1v) is 18.0. The van der Waals surface area contributed by atoms with E-state index in [9.17, 15) is 24.4 Å². The number of imidazole rings is 1. The summed E-state index contributed by atoms with van der Waals surface area (Å²) in [6.07, 6.45) is 7.33. The van der Waals surface area contributed by atoms with Gasteiger partial charge in [-0.3, -0.25) is 28.7 Å². The average molecular weight is 738 g/mol. The van der Waals surface area contributed by atoms with Crippen LogP contribution in [0.4, 0.5) is 11.6 Å². The molecule has 4 amide bonds. The zero-order valence-electron chi connectivity index (χ0n) is 28.3. The minimum Gasteiger partial charge on any atom is -0.343 e. The number of likely N-dealkylation sites (tertiary alicyclic amines) is 1. The monoisotopic (exact) mass is 736 g/mol. The molecule has 0 bridgehead atoms. The number of nitrogens with zero attached hydrogens (tertiary/aromatic N) is 6. The van der Waals surface area contributed by atoms with Gasteiger partial charge in [0.15, 0.2) is 0 Å². The molecule has 3 fully saturated rings. The van der Waals surface area contributed by atoms with Crippen molar-refractivity contribution in [2.45, 2.75) is 68.5 Å². The van der Waals surface area contributed by atoms with Crippen molar-refractivity contribution in [1.29, 1.82) is 5.26 Å². The molecular formula is C38H34Cl2N8O4. The number of halogens is 2. The summed E-state index contributed by atoms with van der Waals surface area (Å²) in [7, 11) is 0. The predicted molar refractivity (Wildman–Crippen MR) is 192 cm³/mol. The Kier molecular flexibility index (Phi) is 8.12. The third kappa shape index (κ3) is 5.78. The van der Waals surface area contributed by atoms with Crippen LogP contribution in [0, 0.1) is 11.3 Å². The lowest BCUT2D eigenvalue weighted by Gasteiger charge is -2.27. The van der Waals surface area contributed by atoms with Crippen molar-refractivity contribution in [3.05, 3.63) is 105 Å². The molecule has 0 unspecified atom stereocenters. The van der Waals surface area contributed by atoms with Crippen molar-refractivity contribution >= 4 is 58.5 Å². The number of aromatic nitrogens is 3. The molecule has 0 radical (unpaired) electrons. The fourth-order valence-electron chi connectivity index (χ4n) is 7.37. The fourth-order valence-corrected chi connectivity index (χ4v) is 7.89. The summed E-state index contributed by atoms with van der Waals surface area (Å²) < 4.78 is 1.60. The maximum Gasteiger partial charge on any atom is 0.270 e. The SMILES string of the molecule is C[C@@]1(Cc2ccc(C#N)cc2)C(=O)N(c2cc(Cl)cc(Cl)c2)c2ncc(C(=O)NC3(C(=O)NC4(c5cc(C(=O)N6CCCC6)ccn5)CC4)CC3)n21. The van der Waals surface area contributed by atoms with E-state index in [-0.39, 0.29) is 35.8 Å². The van der Waals surface area contributed by atoms with Gasteiger partial charge in [0.1, 0.15) is 16.8 Å². The molecule has 2 N–H and O–H groups in total. The minimum atomic E-state index is -1.33. The standard InChI is InChI=1S/C38H34Cl2N8O4/c1-36(20-23-4-6-24(21-41)7-5-23)34(52)47(28-18-26(39)17-27(40)19-28)35-43-22-29(48(35)36)31(49)44-38(11-12-38)33(51)45-37(9-10-37)30-16-25(8-13-42-30)32(50)46-14-2-3-15-46/h4-8,13,16-19,22H,2-3,9-12,14-15,20H2,1H3,(H,44,49)(H,45,51)/t36-/m1/s1. The van der Waals surface area contributed by atoms with E-state index >= 15 is 0 Å². The van der Waals surface area contributed by atoms with E-state index < -0.39 is 22.5 Å². The molecule has 52 heavy (non-hydrogen) atoms. The number of amides is 4. The van der Waals surface area contributed by atoms with E-state index in [0.717, 1.165) is 31.5 Å². The van der Waals surface area contributed by atoms with E-state index in [0.29, 0.717) is 58.2 Å². The van der Waals surface area contributed by atoms with Gasteiger partial charge in [-0.2, -0.15) is 5.26 Å². The first-order chi connectivity index (χ1) is 24.9. The van der Waals surface area contributed by atoms with Gasteiger partial charge in [-0.1, -0.05) is 35.3 Å². The number of nitriles is 1. The molecular weight excluding hydrogens is 703 g/mol. The van der Waals surface area contributed by atoms with Crippen LogP contribution < -0.4 is 15.5 Å².